The largest absolute Gasteiger partial charge is 0.389 e. The number of hydrogen-bond acceptors (Lipinski definition) is 9. The molecule has 0 unspecified atom stereocenters. The molecule has 2 rings (SSSR count). The molecule has 9 nitrogen and oxygen atoms in total. The van der Waals surface area contributed by atoms with Gasteiger partial charge in [0.15, 0.2) is 6.29 Å². The minimum atomic E-state index is -1.27. The molecule has 22 heavy (non-hydrogen) atoms. The molecular weight excluding hydrogens is 294 g/mol. The van der Waals surface area contributed by atoms with Crippen LogP contribution in [-0.2, 0) is 9.47 Å². The quantitative estimate of drug-likeness (QED) is 0.276. The number of hydrogen-bond donors (Lipinski definition) is 7. The van der Waals surface area contributed by atoms with Gasteiger partial charge in [0.1, 0.15) is 23.9 Å². The first-order valence-electron chi connectivity index (χ1n) is 7.41. The van der Waals surface area contributed by atoms with E-state index in [1.807, 2.05) is 0 Å². The van der Waals surface area contributed by atoms with Crippen molar-refractivity contribution in [2.45, 2.75) is 67.8 Å². The summed E-state index contributed by atoms with van der Waals surface area (Å²) in [6.07, 6.45) is -5.32. The maximum absolute atomic E-state index is 10.3. The van der Waals surface area contributed by atoms with Crippen LogP contribution in [0.25, 0.3) is 0 Å². The molecule has 9 heteroatoms. The zero-order valence-electron chi connectivity index (χ0n) is 12.8. The Labute approximate surface area is 129 Å². The summed E-state index contributed by atoms with van der Waals surface area (Å²) < 4.78 is 11.0. The van der Waals surface area contributed by atoms with Crippen molar-refractivity contribution >= 4 is 0 Å². The molecule has 0 radical (unpaired) electrons. The van der Waals surface area contributed by atoms with Gasteiger partial charge in [-0.3, -0.25) is 0 Å². The van der Waals surface area contributed by atoms with Crippen LogP contribution in [0.3, 0.4) is 0 Å². The molecule has 1 aliphatic heterocycles. The third-order valence-corrected chi connectivity index (χ3v) is 4.52. The molecule has 2 fully saturated rings. The maximum atomic E-state index is 10.3. The predicted octanol–water partition coefficient (Wildman–Crippen LogP) is -3.79. The van der Waals surface area contributed by atoms with Crippen molar-refractivity contribution in [1.82, 2.24) is 5.32 Å². The van der Waals surface area contributed by atoms with Crippen molar-refractivity contribution in [2.24, 2.45) is 11.5 Å². The van der Waals surface area contributed by atoms with Gasteiger partial charge in [-0.15, -0.1) is 0 Å². The fourth-order valence-corrected chi connectivity index (χ4v) is 3.19. The maximum Gasteiger partial charge on any atom is 0.185 e. The van der Waals surface area contributed by atoms with E-state index in [1.165, 1.54) is 6.92 Å². The summed E-state index contributed by atoms with van der Waals surface area (Å²) in [4.78, 5) is 0. The molecular formula is C13H27N3O6. The molecule has 1 saturated carbocycles. The van der Waals surface area contributed by atoms with E-state index < -0.39 is 54.4 Å². The van der Waals surface area contributed by atoms with Gasteiger partial charge in [-0.05, 0) is 20.4 Å². The lowest BCUT2D eigenvalue weighted by atomic mass is 9.84. The highest BCUT2D eigenvalue weighted by molar-refractivity contribution is 5.00. The van der Waals surface area contributed by atoms with Crippen molar-refractivity contribution in [1.29, 1.82) is 0 Å². The Bertz CT molecular complexity index is 385. The lowest BCUT2D eigenvalue weighted by Crippen LogP contribution is -2.68. The van der Waals surface area contributed by atoms with E-state index in [4.69, 9.17) is 20.9 Å². The van der Waals surface area contributed by atoms with Crippen molar-refractivity contribution in [3.63, 3.8) is 0 Å². The summed E-state index contributed by atoms with van der Waals surface area (Å²) in [5.41, 5.74) is 10.4. The molecule has 0 aromatic carbocycles. The van der Waals surface area contributed by atoms with Crippen LogP contribution in [0.1, 0.15) is 13.3 Å². The third-order valence-electron chi connectivity index (χ3n) is 4.52. The van der Waals surface area contributed by atoms with Crippen LogP contribution >= 0.6 is 0 Å². The number of aliphatic hydroxyl groups excluding tert-OH is 3. The smallest absolute Gasteiger partial charge is 0.185 e. The molecule has 0 amide bonds. The van der Waals surface area contributed by atoms with Gasteiger partial charge in [0.25, 0.3) is 0 Å². The van der Waals surface area contributed by atoms with Crippen molar-refractivity contribution in [3.05, 3.63) is 0 Å². The SMILES string of the molecule is CN[C@@H]1[C@@H](O)[C@@H](O[C@@H]2[C@@H](O)[C@H](O)[C@@H](N)C[C@H]2N)OC[C@]1(C)O. The fraction of sp³-hybridized carbons (Fsp3) is 1.00. The number of ether oxygens (including phenoxy) is 2. The standard InChI is InChI=1S/C13H27N3O6/c1-13(20)4-21-12(9(19)11(13)16-2)22-10-6(15)3-5(14)7(17)8(10)18/h5-12,16-20H,3-4,14-15H2,1-2H3/t5-,6+,7+,8-,9+,10-,11+,12+,13-/m0/s1. The lowest BCUT2D eigenvalue weighted by molar-refractivity contribution is -0.296. The van der Waals surface area contributed by atoms with E-state index >= 15 is 0 Å². The molecule has 0 spiro atoms. The monoisotopic (exact) mass is 321 g/mol. The van der Waals surface area contributed by atoms with Crippen molar-refractivity contribution < 1.29 is 29.9 Å². The third kappa shape index (κ3) is 3.28. The number of aliphatic hydroxyl groups is 4. The normalized spacial score (nSPS) is 53.5. The van der Waals surface area contributed by atoms with E-state index in [2.05, 4.69) is 5.32 Å². The van der Waals surface area contributed by atoms with Gasteiger partial charge < -0.3 is 46.7 Å². The Morgan fingerprint density at radius 2 is 1.77 bits per heavy atom. The van der Waals surface area contributed by atoms with Crippen molar-refractivity contribution in [3.8, 4) is 0 Å². The van der Waals surface area contributed by atoms with E-state index in [-0.39, 0.29) is 13.0 Å². The summed E-state index contributed by atoms with van der Waals surface area (Å²) in [5, 5.41) is 43.2. The first-order chi connectivity index (χ1) is 10.2. The first-order valence-corrected chi connectivity index (χ1v) is 7.41. The van der Waals surface area contributed by atoms with Crippen molar-refractivity contribution in [2.75, 3.05) is 13.7 Å². The Morgan fingerprint density at radius 3 is 2.36 bits per heavy atom. The summed E-state index contributed by atoms with van der Waals surface area (Å²) in [7, 11) is 1.61. The predicted molar refractivity (Wildman–Crippen MR) is 76.7 cm³/mol. The van der Waals surface area contributed by atoms with Gasteiger partial charge in [0.05, 0.1) is 18.8 Å². The second-order valence-electron chi connectivity index (χ2n) is 6.44. The zero-order chi connectivity index (χ0) is 16.7. The minimum Gasteiger partial charge on any atom is -0.389 e. The van der Waals surface area contributed by atoms with Crippen LogP contribution in [0.2, 0.25) is 0 Å². The molecule has 0 aromatic rings. The Morgan fingerprint density at radius 1 is 1.14 bits per heavy atom. The molecule has 130 valence electrons. The van der Waals surface area contributed by atoms with E-state index in [9.17, 15) is 20.4 Å². The lowest BCUT2D eigenvalue weighted by Gasteiger charge is -2.47. The van der Waals surface area contributed by atoms with Gasteiger partial charge in [-0.25, -0.2) is 0 Å². The Kier molecular flexibility index (Phi) is 5.42. The molecule has 2 aliphatic rings. The van der Waals surface area contributed by atoms with Crippen LogP contribution in [-0.4, -0.2) is 88.5 Å². The second-order valence-corrected chi connectivity index (χ2v) is 6.44. The van der Waals surface area contributed by atoms with E-state index in [0.29, 0.717) is 0 Å². The molecule has 1 saturated heterocycles. The van der Waals surface area contributed by atoms with Gasteiger partial charge >= 0.3 is 0 Å². The topological polar surface area (TPSA) is 163 Å². The Hall–Kier alpha value is -0.360. The highest BCUT2D eigenvalue weighted by atomic mass is 16.7. The minimum absolute atomic E-state index is 0.0552. The molecule has 1 heterocycles. The average molecular weight is 321 g/mol. The summed E-state index contributed by atoms with van der Waals surface area (Å²) >= 11 is 0. The first kappa shape index (κ1) is 18.0. The fourth-order valence-electron chi connectivity index (χ4n) is 3.19. The number of nitrogens with two attached hydrogens (primary N) is 2. The molecule has 0 bridgehead atoms. The average Bonchev–Trinajstić information content (AvgIpc) is 2.43. The molecule has 1 aliphatic carbocycles. The van der Waals surface area contributed by atoms with Gasteiger partial charge in [0, 0.05) is 12.1 Å². The molecule has 9 N–H and O–H groups in total. The summed E-state index contributed by atoms with van der Waals surface area (Å²) in [6, 6.07) is -1.90. The molecule has 9 atom stereocenters. The number of rotatable bonds is 3. The van der Waals surface area contributed by atoms with Gasteiger partial charge in [-0.1, -0.05) is 0 Å². The number of likely N-dealkylation sites (N-methyl/N-ethyl adjacent to an activating group) is 1. The summed E-state index contributed by atoms with van der Waals surface area (Å²) in [6.45, 7) is 1.48. The van der Waals surface area contributed by atoms with Gasteiger partial charge in [0.2, 0.25) is 0 Å². The van der Waals surface area contributed by atoms with Crippen LogP contribution in [0.4, 0.5) is 0 Å². The highest BCUT2D eigenvalue weighted by Crippen LogP contribution is 2.28. The van der Waals surface area contributed by atoms with E-state index in [0.717, 1.165) is 0 Å². The van der Waals surface area contributed by atoms with Gasteiger partial charge in [-0.2, -0.15) is 0 Å². The number of nitrogens with one attached hydrogen (secondary N) is 1. The van der Waals surface area contributed by atoms with E-state index in [1.54, 1.807) is 7.05 Å². The Balaban J connectivity index is 2.07. The van der Waals surface area contributed by atoms with Crippen LogP contribution in [0, 0.1) is 0 Å². The molecule has 0 aromatic heterocycles. The zero-order valence-corrected chi connectivity index (χ0v) is 12.8. The van der Waals surface area contributed by atoms with Crippen LogP contribution in [0.5, 0.6) is 0 Å². The highest BCUT2D eigenvalue weighted by Gasteiger charge is 2.49. The summed E-state index contributed by atoms with van der Waals surface area (Å²) in [5.74, 6) is 0. The second kappa shape index (κ2) is 6.63. The van der Waals surface area contributed by atoms with Crippen LogP contribution < -0.4 is 16.8 Å². The van der Waals surface area contributed by atoms with Crippen LogP contribution in [0.15, 0.2) is 0 Å².